The summed E-state index contributed by atoms with van der Waals surface area (Å²) in [6.45, 7) is 4.45. The van der Waals surface area contributed by atoms with Gasteiger partial charge in [0.2, 0.25) is 0 Å². The summed E-state index contributed by atoms with van der Waals surface area (Å²) in [6, 6.07) is 3.43. The molecule has 0 saturated heterocycles. The van der Waals surface area contributed by atoms with Crippen molar-refractivity contribution < 1.29 is 8.78 Å². The fraction of sp³-hybridized carbons (Fsp3) is 0.364. The molecule has 0 fully saturated rings. The molecule has 96 valence electrons. The van der Waals surface area contributed by atoms with Crippen molar-refractivity contribution in [3.8, 4) is 5.69 Å². The molecule has 0 aliphatic rings. The second kappa shape index (κ2) is 5.18. The summed E-state index contributed by atoms with van der Waals surface area (Å²) in [5.41, 5.74) is -0.262. The van der Waals surface area contributed by atoms with Gasteiger partial charge >= 0.3 is 0 Å². The minimum absolute atomic E-state index is 0.205. The van der Waals surface area contributed by atoms with Gasteiger partial charge in [0, 0.05) is 0 Å². The number of aromatic nitrogens is 4. The number of para-hydroxylation sites is 1. The van der Waals surface area contributed by atoms with Crippen LogP contribution in [0.5, 0.6) is 0 Å². The average molecular weight is 253 g/mol. The zero-order chi connectivity index (χ0) is 13.1. The zero-order valence-corrected chi connectivity index (χ0v) is 10.1. The lowest BCUT2D eigenvalue weighted by molar-refractivity contribution is 0.520. The summed E-state index contributed by atoms with van der Waals surface area (Å²) in [4.78, 5) is 0. The first-order chi connectivity index (χ1) is 8.65. The monoisotopic (exact) mass is 253 g/mol. The topological polar surface area (TPSA) is 55.6 Å². The molecule has 1 aromatic carbocycles. The molecule has 1 aromatic heterocycles. The third-order valence-electron chi connectivity index (χ3n) is 2.54. The molecule has 2 aromatic rings. The predicted molar refractivity (Wildman–Crippen MR) is 61.2 cm³/mol. The third-order valence-corrected chi connectivity index (χ3v) is 2.54. The summed E-state index contributed by atoms with van der Waals surface area (Å²) in [5.74, 6) is -1.04. The van der Waals surface area contributed by atoms with Crippen LogP contribution in [0, 0.1) is 11.6 Å². The summed E-state index contributed by atoms with van der Waals surface area (Å²) < 4.78 is 28.4. The Bertz CT molecular complexity index is 520. The van der Waals surface area contributed by atoms with Gasteiger partial charge in [-0.2, -0.15) is 4.68 Å². The molecule has 1 heterocycles. The van der Waals surface area contributed by atoms with Crippen molar-refractivity contribution in [1.29, 1.82) is 0 Å². The van der Waals surface area contributed by atoms with Gasteiger partial charge in [0.25, 0.3) is 0 Å². The van der Waals surface area contributed by atoms with Crippen LogP contribution >= 0.6 is 0 Å². The maximum absolute atomic E-state index is 13.7. The van der Waals surface area contributed by atoms with Crippen LogP contribution in [0.3, 0.4) is 0 Å². The van der Waals surface area contributed by atoms with Crippen molar-refractivity contribution in [3.63, 3.8) is 0 Å². The summed E-state index contributed by atoms with van der Waals surface area (Å²) >= 11 is 0. The SMILES string of the molecule is CCNC(C)c1nnnn1-c1c(F)cccc1F. The number of halogens is 2. The Morgan fingerprint density at radius 2 is 2.00 bits per heavy atom. The molecule has 5 nitrogen and oxygen atoms in total. The molecule has 0 spiro atoms. The molecule has 0 aliphatic carbocycles. The fourth-order valence-electron chi connectivity index (χ4n) is 1.71. The Morgan fingerprint density at radius 1 is 1.33 bits per heavy atom. The molecule has 1 N–H and O–H groups in total. The highest BCUT2D eigenvalue weighted by molar-refractivity contribution is 5.34. The molecule has 0 radical (unpaired) electrons. The van der Waals surface area contributed by atoms with E-state index in [4.69, 9.17) is 0 Å². The lowest BCUT2D eigenvalue weighted by Crippen LogP contribution is -2.22. The van der Waals surface area contributed by atoms with E-state index in [2.05, 4.69) is 20.8 Å². The number of tetrazole rings is 1. The van der Waals surface area contributed by atoms with Gasteiger partial charge in [-0.05, 0) is 36.0 Å². The van der Waals surface area contributed by atoms with Crippen LogP contribution in [0.25, 0.3) is 5.69 Å². The van der Waals surface area contributed by atoms with E-state index in [1.54, 1.807) is 0 Å². The van der Waals surface area contributed by atoms with Gasteiger partial charge in [0.1, 0.15) is 5.69 Å². The van der Waals surface area contributed by atoms with Crippen molar-refractivity contribution in [2.75, 3.05) is 6.54 Å². The lowest BCUT2D eigenvalue weighted by Gasteiger charge is -2.12. The van der Waals surface area contributed by atoms with E-state index in [-0.39, 0.29) is 11.7 Å². The molecular formula is C11H13F2N5. The zero-order valence-electron chi connectivity index (χ0n) is 10.1. The molecule has 0 saturated carbocycles. The molecule has 18 heavy (non-hydrogen) atoms. The maximum Gasteiger partial charge on any atom is 0.173 e. The third kappa shape index (κ3) is 2.21. The van der Waals surface area contributed by atoms with Gasteiger partial charge in [0.05, 0.1) is 6.04 Å². The van der Waals surface area contributed by atoms with Crippen LogP contribution in [0.4, 0.5) is 8.78 Å². The summed E-state index contributed by atoms with van der Waals surface area (Å²) in [5, 5.41) is 14.0. The van der Waals surface area contributed by atoms with Crippen molar-refractivity contribution in [1.82, 2.24) is 25.5 Å². The van der Waals surface area contributed by atoms with Gasteiger partial charge in [-0.1, -0.05) is 13.0 Å². The van der Waals surface area contributed by atoms with Crippen molar-refractivity contribution >= 4 is 0 Å². The molecule has 0 aliphatic heterocycles. The highest BCUT2D eigenvalue weighted by atomic mass is 19.1. The second-order valence-corrected chi connectivity index (χ2v) is 3.80. The number of nitrogens with zero attached hydrogens (tertiary/aromatic N) is 4. The van der Waals surface area contributed by atoms with E-state index in [0.717, 1.165) is 4.68 Å². The average Bonchev–Trinajstić information content (AvgIpc) is 2.78. The standard InChI is InChI=1S/C11H13F2N5/c1-3-14-7(2)11-15-16-17-18(11)10-8(12)5-4-6-9(10)13/h4-7,14H,3H2,1-2H3. The molecule has 0 amide bonds. The van der Waals surface area contributed by atoms with Crippen molar-refractivity contribution in [2.24, 2.45) is 0 Å². The number of benzene rings is 1. The van der Waals surface area contributed by atoms with E-state index in [1.807, 2.05) is 13.8 Å². The molecule has 0 bridgehead atoms. The fourth-order valence-corrected chi connectivity index (χ4v) is 1.71. The van der Waals surface area contributed by atoms with Crippen molar-refractivity contribution in [3.05, 3.63) is 35.7 Å². The Hall–Kier alpha value is -1.89. The van der Waals surface area contributed by atoms with Crippen LogP contribution in [-0.4, -0.2) is 26.8 Å². The maximum atomic E-state index is 13.7. The minimum Gasteiger partial charge on any atom is -0.308 e. The van der Waals surface area contributed by atoms with Crippen LogP contribution < -0.4 is 5.32 Å². The van der Waals surface area contributed by atoms with E-state index in [1.165, 1.54) is 18.2 Å². The first-order valence-corrected chi connectivity index (χ1v) is 5.61. The summed E-state index contributed by atoms with van der Waals surface area (Å²) in [7, 11) is 0. The molecule has 2 rings (SSSR count). The minimum atomic E-state index is -0.702. The number of rotatable bonds is 4. The molecule has 7 heteroatoms. The number of nitrogens with one attached hydrogen (secondary N) is 1. The highest BCUT2D eigenvalue weighted by Crippen LogP contribution is 2.19. The van der Waals surface area contributed by atoms with E-state index < -0.39 is 11.6 Å². The van der Waals surface area contributed by atoms with Gasteiger partial charge in [0.15, 0.2) is 17.5 Å². The van der Waals surface area contributed by atoms with Gasteiger partial charge in [-0.15, -0.1) is 5.10 Å². The second-order valence-electron chi connectivity index (χ2n) is 3.80. The van der Waals surface area contributed by atoms with Crippen LogP contribution in [-0.2, 0) is 0 Å². The van der Waals surface area contributed by atoms with Crippen LogP contribution in [0.15, 0.2) is 18.2 Å². The largest absolute Gasteiger partial charge is 0.308 e. The highest BCUT2D eigenvalue weighted by Gasteiger charge is 2.20. The normalized spacial score (nSPS) is 12.7. The number of hydrogen-bond acceptors (Lipinski definition) is 4. The van der Waals surface area contributed by atoms with Gasteiger partial charge in [-0.3, -0.25) is 0 Å². The Morgan fingerprint density at radius 3 is 2.61 bits per heavy atom. The molecule has 1 unspecified atom stereocenters. The lowest BCUT2D eigenvalue weighted by atomic mass is 10.2. The first-order valence-electron chi connectivity index (χ1n) is 5.61. The van der Waals surface area contributed by atoms with Crippen molar-refractivity contribution in [2.45, 2.75) is 19.9 Å². The quantitative estimate of drug-likeness (QED) is 0.899. The summed E-state index contributed by atoms with van der Waals surface area (Å²) in [6.07, 6.45) is 0. The smallest absolute Gasteiger partial charge is 0.173 e. The molecular weight excluding hydrogens is 240 g/mol. The van der Waals surface area contributed by atoms with Gasteiger partial charge < -0.3 is 5.32 Å². The van der Waals surface area contributed by atoms with Crippen LogP contribution in [0.2, 0.25) is 0 Å². The Kier molecular flexibility index (Phi) is 3.61. The number of hydrogen-bond donors (Lipinski definition) is 1. The molecule has 1 atom stereocenters. The van der Waals surface area contributed by atoms with E-state index in [0.29, 0.717) is 12.4 Å². The Labute approximate surface area is 103 Å². The van der Waals surface area contributed by atoms with Gasteiger partial charge in [-0.25, -0.2) is 8.78 Å². The first kappa shape index (κ1) is 12.6. The van der Waals surface area contributed by atoms with E-state index >= 15 is 0 Å². The van der Waals surface area contributed by atoms with Crippen LogP contribution in [0.1, 0.15) is 25.7 Å². The van der Waals surface area contributed by atoms with E-state index in [9.17, 15) is 8.78 Å². The Balaban J connectivity index is 2.49. The predicted octanol–water partition coefficient (Wildman–Crippen LogP) is 1.61.